The van der Waals surface area contributed by atoms with Gasteiger partial charge >= 0.3 is 0 Å². The highest BCUT2D eigenvalue weighted by Gasteiger charge is 2.26. The molecule has 1 fully saturated rings. The van der Waals surface area contributed by atoms with E-state index in [1.165, 1.54) is 0 Å². The highest BCUT2D eigenvalue weighted by atomic mass is 16.5. The topological polar surface area (TPSA) is 168 Å². The van der Waals surface area contributed by atoms with Gasteiger partial charge in [0.1, 0.15) is 11.9 Å². The number of aryl methyl sites for hydroxylation is 3. The second kappa shape index (κ2) is 10.3. The van der Waals surface area contributed by atoms with E-state index >= 15 is 0 Å². The Morgan fingerprint density at radius 1 is 1.27 bits per heavy atom. The molecule has 1 unspecified atom stereocenters. The standard InChI is InChI=1S/C27H31N11O2/c1-15-11-30-27(32-22-9-16(2)37(3)36-22)33-25(15)19-12-29-26-18(19)5-4-6-20(26)31-23(39)14-38-8-7-17(13-38)40-24-10-21(28)34-35-24/h4-6,9-12,17,29H,7-8,13-14H2,1-3H3,(H,31,39)(H3,28,34,35)(H,30,32,33,36). The van der Waals surface area contributed by atoms with Gasteiger partial charge in [0.15, 0.2) is 5.82 Å². The van der Waals surface area contributed by atoms with Crippen LogP contribution in [0.4, 0.5) is 23.3 Å². The van der Waals surface area contributed by atoms with Crippen molar-refractivity contribution in [3.05, 3.63) is 54.0 Å². The largest absolute Gasteiger partial charge is 0.472 e. The zero-order valence-corrected chi connectivity index (χ0v) is 22.5. The van der Waals surface area contributed by atoms with Crippen LogP contribution in [0.25, 0.3) is 22.2 Å². The maximum atomic E-state index is 13.0. The van der Waals surface area contributed by atoms with Crippen LogP contribution < -0.4 is 21.1 Å². The minimum absolute atomic E-state index is 0.0397. The van der Waals surface area contributed by atoms with E-state index in [2.05, 4.69) is 40.8 Å². The zero-order chi connectivity index (χ0) is 27.8. The summed E-state index contributed by atoms with van der Waals surface area (Å²) < 4.78 is 7.66. The van der Waals surface area contributed by atoms with Gasteiger partial charge in [-0.3, -0.25) is 19.5 Å². The number of ether oxygens (including phenoxy) is 1. The number of carbonyl (C=O) groups is 1. The Kier molecular flexibility index (Phi) is 6.56. The van der Waals surface area contributed by atoms with E-state index in [1.54, 1.807) is 16.9 Å². The molecule has 13 heteroatoms. The SMILES string of the molecule is Cc1cnc(Nc2cc(C)n(C)n2)nc1-c1c[nH]c2c(NC(=O)CN3CCC(Oc4cc(N)[nH]n4)C3)cccc12. The minimum Gasteiger partial charge on any atom is -0.472 e. The number of amides is 1. The number of nitrogen functional groups attached to an aromatic ring is 1. The van der Waals surface area contributed by atoms with Crippen LogP contribution >= 0.6 is 0 Å². The van der Waals surface area contributed by atoms with Crippen molar-refractivity contribution in [1.29, 1.82) is 0 Å². The number of nitrogens with one attached hydrogen (secondary N) is 4. The fraction of sp³-hybridized carbons (Fsp3) is 0.296. The fourth-order valence-corrected chi connectivity index (χ4v) is 4.94. The molecule has 6 rings (SSSR count). The molecule has 6 N–H and O–H groups in total. The molecular formula is C27H31N11O2. The normalized spacial score (nSPS) is 15.5. The Hall–Kier alpha value is -4.91. The molecule has 1 aliphatic heterocycles. The van der Waals surface area contributed by atoms with E-state index in [0.717, 1.165) is 46.4 Å². The van der Waals surface area contributed by atoms with Crippen LogP contribution in [0.15, 0.2) is 42.7 Å². The summed E-state index contributed by atoms with van der Waals surface area (Å²) in [6.07, 6.45) is 4.47. The molecule has 206 valence electrons. The lowest BCUT2D eigenvalue weighted by Crippen LogP contribution is -2.33. The molecule has 0 bridgehead atoms. The number of nitrogens with zero attached hydrogens (tertiary/aromatic N) is 6. The van der Waals surface area contributed by atoms with Crippen molar-refractivity contribution in [3.63, 3.8) is 0 Å². The van der Waals surface area contributed by atoms with Gasteiger partial charge in [0.05, 0.1) is 23.4 Å². The Morgan fingerprint density at radius 2 is 2.15 bits per heavy atom. The number of likely N-dealkylation sites (tertiary alicyclic amines) is 1. The Bertz CT molecular complexity index is 1670. The summed E-state index contributed by atoms with van der Waals surface area (Å²) in [7, 11) is 1.89. The molecular weight excluding hydrogens is 510 g/mol. The molecule has 0 spiro atoms. The lowest BCUT2D eigenvalue weighted by molar-refractivity contribution is -0.117. The van der Waals surface area contributed by atoms with Crippen molar-refractivity contribution in [3.8, 4) is 17.1 Å². The molecule has 13 nitrogen and oxygen atoms in total. The molecule has 4 aromatic heterocycles. The maximum Gasteiger partial charge on any atom is 0.238 e. The van der Waals surface area contributed by atoms with Crippen molar-refractivity contribution >= 4 is 40.1 Å². The molecule has 5 heterocycles. The molecule has 1 aromatic carbocycles. The first-order chi connectivity index (χ1) is 19.3. The zero-order valence-electron chi connectivity index (χ0n) is 22.5. The quantitative estimate of drug-likeness (QED) is 0.198. The lowest BCUT2D eigenvalue weighted by Gasteiger charge is -2.16. The number of anilines is 4. The second-order valence-electron chi connectivity index (χ2n) is 10.0. The number of carbonyl (C=O) groups excluding carboxylic acids is 1. The number of para-hydroxylation sites is 1. The summed E-state index contributed by atoms with van der Waals surface area (Å²) in [5, 5.41) is 18.3. The van der Waals surface area contributed by atoms with Crippen molar-refractivity contribution in [1.82, 2.24) is 39.8 Å². The van der Waals surface area contributed by atoms with Crippen LogP contribution in [0, 0.1) is 13.8 Å². The number of nitrogens with two attached hydrogens (primary N) is 1. The Labute approximate surface area is 230 Å². The molecule has 1 amide bonds. The smallest absolute Gasteiger partial charge is 0.238 e. The average Bonchev–Trinajstić information content (AvgIpc) is 3.70. The number of aromatic amines is 2. The number of rotatable bonds is 8. The number of aromatic nitrogens is 7. The van der Waals surface area contributed by atoms with Gasteiger partial charge in [-0.05, 0) is 31.9 Å². The number of benzene rings is 1. The summed E-state index contributed by atoms with van der Waals surface area (Å²) in [4.78, 5) is 27.6. The van der Waals surface area contributed by atoms with E-state index in [0.29, 0.717) is 35.7 Å². The van der Waals surface area contributed by atoms with Gasteiger partial charge in [-0.25, -0.2) is 9.97 Å². The first-order valence-electron chi connectivity index (χ1n) is 13.0. The number of hydrogen-bond donors (Lipinski definition) is 5. The van der Waals surface area contributed by atoms with Gasteiger partial charge in [-0.1, -0.05) is 12.1 Å². The number of fused-ring (bicyclic) bond motifs is 1. The van der Waals surface area contributed by atoms with Crippen LogP contribution in [0.5, 0.6) is 5.88 Å². The average molecular weight is 542 g/mol. The van der Waals surface area contributed by atoms with Crippen molar-refractivity contribution < 1.29 is 9.53 Å². The van der Waals surface area contributed by atoms with Crippen molar-refractivity contribution in [2.24, 2.45) is 7.05 Å². The summed E-state index contributed by atoms with van der Waals surface area (Å²) >= 11 is 0. The van der Waals surface area contributed by atoms with Gasteiger partial charge in [0.25, 0.3) is 0 Å². The second-order valence-corrected chi connectivity index (χ2v) is 10.0. The molecule has 0 aliphatic carbocycles. The first-order valence-corrected chi connectivity index (χ1v) is 13.0. The van der Waals surface area contributed by atoms with Crippen LogP contribution in [-0.2, 0) is 11.8 Å². The third kappa shape index (κ3) is 5.18. The highest BCUT2D eigenvalue weighted by molar-refractivity contribution is 6.06. The monoisotopic (exact) mass is 541 g/mol. The Balaban J connectivity index is 1.15. The molecule has 1 aliphatic rings. The van der Waals surface area contributed by atoms with Crippen LogP contribution in [0.3, 0.4) is 0 Å². The molecule has 0 saturated carbocycles. The minimum atomic E-state index is -0.0938. The van der Waals surface area contributed by atoms with E-state index in [1.807, 2.05) is 51.4 Å². The molecule has 40 heavy (non-hydrogen) atoms. The third-order valence-corrected chi connectivity index (χ3v) is 7.03. The first kappa shape index (κ1) is 25.4. The third-order valence-electron chi connectivity index (χ3n) is 7.03. The van der Waals surface area contributed by atoms with Gasteiger partial charge in [0.2, 0.25) is 17.7 Å². The van der Waals surface area contributed by atoms with E-state index in [-0.39, 0.29) is 18.6 Å². The number of hydrogen-bond acceptors (Lipinski definition) is 9. The molecule has 1 atom stereocenters. The van der Waals surface area contributed by atoms with E-state index in [4.69, 9.17) is 15.5 Å². The number of H-pyrrole nitrogens is 2. The van der Waals surface area contributed by atoms with Gasteiger partial charge in [-0.2, -0.15) is 5.10 Å². The summed E-state index contributed by atoms with van der Waals surface area (Å²) in [6.45, 7) is 5.62. The Morgan fingerprint density at radius 3 is 2.92 bits per heavy atom. The van der Waals surface area contributed by atoms with Crippen LogP contribution in [-0.4, -0.2) is 71.5 Å². The molecule has 1 saturated heterocycles. The van der Waals surface area contributed by atoms with Gasteiger partial charge in [0, 0.05) is 61.3 Å². The maximum absolute atomic E-state index is 13.0. The van der Waals surface area contributed by atoms with Gasteiger partial charge in [-0.15, -0.1) is 5.10 Å². The van der Waals surface area contributed by atoms with Crippen LogP contribution in [0.2, 0.25) is 0 Å². The predicted octanol–water partition coefficient (Wildman–Crippen LogP) is 3.12. The fourth-order valence-electron chi connectivity index (χ4n) is 4.94. The predicted molar refractivity (Wildman–Crippen MR) is 152 cm³/mol. The summed E-state index contributed by atoms with van der Waals surface area (Å²) in [5.74, 6) is 1.97. The highest BCUT2D eigenvalue weighted by Crippen LogP contribution is 2.33. The summed E-state index contributed by atoms with van der Waals surface area (Å²) in [5.41, 5.74) is 10.9. The molecule has 5 aromatic rings. The van der Waals surface area contributed by atoms with Crippen molar-refractivity contribution in [2.75, 3.05) is 36.0 Å². The molecule has 0 radical (unpaired) electrons. The lowest BCUT2D eigenvalue weighted by atomic mass is 10.1. The van der Waals surface area contributed by atoms with E-state index in [9.17, 15) is 4.79 Å². The summed E-state index contributed by atoms with van der Waals surface area (Å²) in [6, 6.07) is 9.42. The van der Waals surface area contributed by atoms with E-state index < -0.39 is 0 Å². The van der Waals surface area contributed by atoms with Crippen LogP contribution in [0.1, 0.15) is 17.7 Å². The van der Waals surface area contributed by atoms with Gasteiger partial charge < -0.3 is 26.1 Å². The van der Waals surface area contributed by atoms with Crippen molar-refractivity contribution in [2.45, 2.75) is 26.4 Å².